The molecule has 0 saturated heterocycles. The lowest BCUT2D eigenvalue weighted by molar-refractivity contribution is 0.683. The number of nitrogens with two attached hydrogens (primary N) is 1. The fraction of sp³-hybridized carbons (Fsp3) is 0.222. The number of hydrogen-bond acceptors (Lipinski definition) is 6. The van der Waals surface area contributed by atoms with Crippen LogP contribution in [0.25, 0.3) is 32.0 Å². The summed E-state index contributed by atoms with van der Waals surface area (Å²) in [4.78, 5) is 8.95. The molecule has 8 heteroatoms. The molecule has 0 bridgehead atoms. The van der Waals surface area contributed by atoms with Crippen LogP contribution in [0.15, 0.2) is 40.3 Å². The van der Waals surface area contributed by atoms with Crippen LogP contribution in [0.3, 0.4) is 0 Å². The molecule has 0 aliphatic heterocycles. The Morgan fingerprint density at radius 2 is 2.12 bits per heavy atom. The average Bonchev–Trinajstić information content (AvgIpc) is 3.35. The summed E-state index contributed by atoms with van der Waals surface area (Å²) in [6.45, 7) is 2.03. The zero-order chi connectivity index (χ0) is 18.3. The minimum atomic E-state index is -1.08. The maximum Gasteiger partial charge on any atom is 0.140 e. The molecule has 2 N–H and O–H groups in total. The first-order valence-corrected chi connectivity index (χ1v) is 11.2. The van der Waals surface area contributed by atoms with Crippen LogP contribution in [0, 0.1) is 0 Å². The van der Waals surface area contributed by atoms with Gasteiger partial charge >= 0.3 is 0 Å². The summed E-state index contributed by atoms with van der Waals surface area (Å²) in [6.07, 6.45) is 6.35. The van der Waals surface area contributed by atoms with Crippen molar-refractivity contribution in [3.05, 3.63) is 36.1 Å². The third-order valence-corrected chi connectivity index (χ3v) is 8.12. The first-order chi connectivity index (χ1) is 12.6. The van der Waals surface area contributed by atoms with Crippen LogP contribution in [-0.2, 0) is 17.8 Å². The lowest BCUT2D eigenvalue weighted by Gasteiger charge is -2.08. The maximum atomic E-state index is 12.6. The number of aromatic nitrogens is 3. The van der Waals surface area contributed by atoms with E-state index < -0.39 is 10.8 Å². The highest BCUT2D eigenvalue weighted by Gasteiger charge is 2.21. The first kappa shape index (κ1) is 17.4. The highest BCUT2D eigenvalue weighted by molar-refractivity contribution is 7.87. The quantitative estimate of drug-likeness (QED) is 0.532. The van der Waals surface area contributed by atoms with E-state index in [1.54, 1.807) is 23.7 Å². The molecule has 0 radical (unpaired) electrons. The molecular formula is C18H18N4OS3. The largest absolute Gasteiger partial charge is 0.397 e. The molecule has 1 unspecified atom stereocenters. The zero-order valence-corrected chi connectivity index (χ0v) is 16.9. The molecule has 5 nitrogen and oxygen atoms in total. The molecule has 0 spiro atoms. The number of nitrogens with zero attached hydrogens (tertiary/aromatic N) is 3. The summed E-state index contributed by atoms with van der Waals surface area (Å²) in [7, 11) is 0.883. The van der Waals surface area contributed by atoms with Gasteiger partial charge in [-0.05, 0) is 18.6 Å². The highest BCUT2D eigenvalue weighted by atomic mass is 32.2. The smallest absolute Gasteiger partial charge is 0.140 e. The van der Waals surface area contributed by atoms with Gasteiger partial charge in [0.2, 0.25) is 0 Å². The van der Waals surface area contributed by atoms with Crippen molar-refractivity contribution in [2.24, 2.45) is 7.05 Å². The van der Waals surface area contributed by atoms with Crippen LogP contribution in [0.4, 0.5) is 5.69 Å². The van der Waals surface area contributed by atoms with Gasteiger partial charge in [0.05, 0.1) is 16.5 Å². The molecule has 0 fully saturated rings. The summed E-state index contributed by atoms with van der Waals surface area (Å²) in [5, 5.41) is 3.85. The van der Waals surface area contributed by atoms with Crippen LogP contribution < -0.4 is 5.73 Å². The van der Waals surface area contributed by atoms with Gasteiger partial charge in [0.25, 0.3) is 0 Å². The second kappa shape index (κ2) is 6.94. The van der Waals surface area contributed by atoms with Gasteiger partial charge in [0, 0.05) is 58.0 Å². The van der Waals surface area contributed by atoms with Crippen molar-refractivity contribution in [3.63, 3.8) is 0 Å². The van der Waals surface area contributed by atoms with E-state index in [0.29, 0.717) is 11.4 Å². The number of benzene rings is 1. The Bertz CT molecular complexity index is 1100. The van der Waals surface area contributed by atoms with E-state index in [9.17, 15) is 4.21 Å². The van der Waals surface area contributed by atoms with Gasteiger partial charge in [0.15, 0.2) is 0 Å². The van der Waals surface area contributed by atoms with Crippen LogP contribution in [-0.4, -0.2) is 24.5 Å². The van der Waals surface area contributed by atoms with Gasteiger partial charge in [0.1, 0.15) is 15.0 Å². The first-order valence-electron chi connectivity index (χ1n) is 8.22. The predicted molar refractivity (Wildman–Crippen MR) is 111 cm³/mol. The number of rotatable bonds is 5. The fourth-order valence-corrected chi connectivity index (χ4v) is 6.31. The van der Waals surface area contributed by atoms with Gasteiger partial charge in [-0.3, -0.25) is 4.21 Å². The standard InChI is InChI=1S/C18H18N4OS3/c1-3-8-26(23)18-15(19)14-12(16-20-4-6-22(16)2)9-11(10-13(14)25-18)17-21-5-7-24-17/h4-7,9-10H,3,8,19H2,1-2H3. The minimum Gasteiger partial charge on any atom is -0.397 e. The van der Waals surface area contributed by atoms with Crippen molar-refractivity contribution in [1.82, 2.24) is 14.5 Å². The summed E-state index contributed by atoms with van der Waals surface area (Å²) in [5.41, 5.74) is 9.05. The maximum absolute atomic E-state index is 12.6. The van der Waals surface area contributed by atoms with E-state index in [1.807, 2.05) is 30.1 Å². The van der Waals surface area contributed by atoms with Gasteiger partial charge < -0.3 is 10.3 Å². The number of imidazole rings is 1. The molecule has 0 aliphatic carbocycles. The number of nitrogen functional groups attached to an aromatic ring is 1. The lowest BCUT2D eigenvalue weighted by atomic mass is 10.0. The molecule has 3 heterocycles. The summed E-state index contributed by atoms with van der Waals surface area (Å²) in [5.74, 6) is 1.46. The topological polar surface area (TPSA) is 73.8 Å². The van der Waals surface area contributed by atoms with E-state index in [2.05, 4.69) is 22.1 Å². The van der Waals surface area contributed by atoms with Crippen molar-refractivity contribution in [2.75, 3.05) is 11.5 Å². The Hall–Kier alpha value is -2.03. The van der Waals surface area contributed by atoms with Gasteiger partial charge in [-0.15, -0.1) is 22.7 Å². The fourth-order valence-electron chi connectivity index (χ4n) is 2.97. The number of hydrogen-bond donors (Lipinski definition) is 1. The summed E-state index contributed by atoms with van der Waals surface area (Å²) >= 11 is 3.11. The van der Waals surface area contributed by atoms with Crippen LogP contribution >= 0.6 is 22.7 Å². The van der Waals surface area contributed by atoms with Crippen LogP contribution in [0.1, 0.15) is 13.3 Å². The molecule has 1 aromatic carbocycles. The van der Waals surface area contributed by atoms with Gasteiger partial charge in [-0.1, -0.05) is 6.92 Å². The Morgan fingerprint density at radius 1 is 1.27 bits per heavy atom. The predicted octanol–water partition coefficient (Wildman–Crippen LogP) is 4.53. The van der Waals surface area contributed by atoms with Crippen molar-refractivity contribution < 1.29 is 4.21 Å². The minimum absolute atomic E-state index is 0.612. The van der Waals surface area contributed by atoms with Gasteiger partial charge in [-0.25, -0.2) is 9.97 Å². The second-order valence-corrected chi connectivity index (χ2v) is 9.66. The molecular weight excluding hydrogens is 384 g/mol. The molecule has 134 valence electrons. The average molecular weight is 403 g/mol. The summed E-state index contributed by atoms with van der Waals surface area (Å²) < 4.78 is 16.4. The third-order valence-electron chi connectivity index (χ3n) is 4.13. The third kappa shape index (κ3) is 2.87. The zero-order valence-electron chi connectivity index (χ0n) is 14.4. The van der Waals surface area contributed by atoms with E-state index in [-0.39, 0.29) is 0 Å². The lowest BCUT2D eigenvalue weighted by Crippen LogP contribution is -1.98. The normalized spacial score (nSPS) is 12.7. The van der Waals surface area contributed by atoms with Crippen molar-refractivity contribution in [2.45, 2.75) is 17.6 Å². The number of thiophene rings is 1. The number of fused-ring (bicyclic) bond motifs is 1. The SMILES string of the molecule is CCCS(=O)c1sc2cc(-c3nccs3)cc(-c3nccn3C)c2c1N. The van der Waals surface area contributed by atoms with Crippen molar-refractivity contribution in [3.8, 4) is 22.0 Å². The molecule has 4 aromatic rings. The number of aryl methyl sites for hydroxylation is 1. The van der Waals surface area contributed by atoms with E-state index in [4.69, 9.17) is 5.73 Å². The molecule has 0 amide bonds. The van der Waals surface area contributed by atoms with E-state index in [0.717, 1.165) is 42.7 Å². The number of anilines is 1. The molecule has 1 atom stereocenters. The Kier molecular flexibility index (Phi) is 4.64. The molecule has 0 saturated carbocycles. The van der Waals surface area contributed by atoms with Crippen LogP contribution in [0.5, 0.6) is 0 Å². The van der Waals surface area contributed by atoms with Crippen molar-refractivity contribution >= 4 is 49.2 Å². The Balaban J connectivity index is 2.02. The van der Waals surface area contributed by atoms with Gasteiger partial charge in [-0.2, -0.15) is 0 Å². The van der Waals surface area contributed by atoms with E-state index >= 15 is 0 Å². The highest BCUT2D eigenvalue weighted by Crippen LogP contribution is 2.44. The van der Waals surface area contributed by atoms with Crippen molar-refractivity contribution in [1.29, 1.82) is 0 Å². The molecule has 3 aromatic heterocycles. The molecule has 0 aliphatic rings. The van der Waals surface area contributed by atoms with E-state index in [1.165, 1.54) is 11.3 Å². The second-order valence-electron chi connectivity index (χ2n) is 5.95. The number of thiazole rings is 1. The van der Waals surface area contributed by atoms with Crippen LogP contribution in [0.2, 0.25) is 0 Å². The Labute approximate surface area is 162 Å². The monoisotopic (exact) mass is 402 g/mol. The molecule has 26 heavy (non-hydrogen) atoms. The summed E-state index contributed by atoms with van der Waals surface area (Å²) in [6, 6.07) is 4.17. The Morgan fingerprint density at radius 3 is 2.77 bits per heavy atom. The molecule has 4 rings (SSSR count).